The molecule has 0 radical (unpaired) electrons. The molecule has 0 aliphatic rings. The van der Waals surface area contributed by atoms with E-state index >= 15 is 0 Å². The van der Waals surface area contributed by atoms with Crippen LogP contribution in [0.2, 0.25) is 5.02 Å². The fourth-order valence-electron chi connectivity index (χ4n) is 2.42. The van der Waals surface area contributed by atoms with Crippen LogP contribution >= 0.6 is 11.6 Å². The Balaban J connectivity index is 1.82. The molecule has 0 aliphatic heterocycles. The second-order valence-corrected chi connectivity index (χ2v) is 8.22. The number of hydrogen-bond acceptors (Lipinski definition) is 4. The van der Waals surface area contributed by atoms with Crippen LogP contribution in [0.1, 0.15) is 29.3 Å². The van der Waals surface area contributed by atoms with Crippen LogP contribution in [0.25, 0.3) is 0 Å². The third kappa shape index (κ3) is 7.11. The quantitative estimate of drug-likeness (QED) is 0.620. The van der Waals surface area contributed by atoms with Gasteiger partial charge in [-0.3, -0.25) is 9.52 Å². The Morgan fingerprint density at radius 1 is 1.15 bits per heavy atom. The van der Waals surface area contributed by atoms with Crippen molar-refractivity contribution in [3.8, 4) is 5.75 Å². The number of hydrogen-bond donors (Lipinski definition) is 2. The maximum absolute atomic E-state index is 12.2. The first-order chi connectivity index (χ1) is 12.8. The van der Waals surface area contributed by atoms with Crippen LogP contribution in [0.5, 0.6) is 5.75 Å². The van der Waals surface area contributed by atoms with E-state index in [9.17, 15) is 13.2 Å². The summed E-state index contributed by atoms with van der Waals surface area (Å²) in [7, 11) is -3.43. The minimum Gasteiger partial charge on any atom is -0.492 e. The second kappa shape index (κ2) is 9.62. The Bertz CT molecular complexity index is 883. The van der Waals surface area contributed by atoms with Gasteiger partial charge in [-0.15, -0.1) is 0 Å². The van der Waals surface area contributed by atoms with Gasteiger partial charge in [-0.25, -0.2) is 8.42 Å². The zero-order valence-corrected chi connectivity index (χ0v) is 16.9. The Labute approximate surface area is 164 Å². The van der Waals surface area contributed by atoms with Crippen molar-refractivity contribution in [1.82, 2.24) is 5.32 Å². The monoisotopic (exact) mass is 410 g/mol. The third-order valence-electron chi connectivity index (χ3n) is 3.65. The SMILES string of the molecule is CCCc1ccc(OCCNC(=O)c2ccc(NS(C)(=O)=O)c(Cl)c2)cc1. The van der Waals surface area contributed by atoms with Crippen molar-refractivity contribution in [3.63, 3.8) is 0 Å². The molecule has 0 atom stereocenters. The van der Waals surface area contributed by atoms with Gasteiger partial charge in [0, 0.05) is 5.56 Å². The maximum atomic E-state index is 12.2. The van der Waals surface area contributed by atoms with Crippen molar-refractivity contribution in [1.29, 1.82) is 0 Å². The number of aryl methyl sites for hydroxylation is 1. The molecule has 146 valence electrons. The molecule has 0 unspecified atom stereocenters. The van der Waals surface area contributed by atoms with Gasteiger partial charge >= 0.3 is 0 Å². The molecule has 0 aliphatic carbocycles. The van der Waals surface area contributed by atoms with E-state index in [1.165, 1.54) is 23.8 Å². The molecule has 0 saturated carbocycles. The molecule has 6 nitrogen and oxygen atoms in total. The van der Waals surface area contributed by atoms with Gasteiger partial charge in [-0.1, -0.05) is 37.1 Å². The smallest absolute Gasteiger partial charge is 0.251 e. The van der Waals surface area contributed by atoms with E-state index in [2.05, 4.69) is 17.0 Å². The largest absolute Gasteiger partial charge is 0.492 e. The molecule has 0 bridgehead atoms. The van der Waals surface area contributed by atoms with E-state index in [0.29, 0.717) is 18.7 Å². The van der Waals surface area contributed by atoms with Crippen molar-refractivity contribution in [2.75, 3.05) is 24.1 Å². The molecule has 2 rings (SSSR count). The highest BCUT2D eigenvalue weighted by Crippen LogP contribution is 2.23. The molecular weight excluding hydrogens is 388 g/mol. The van der Waals surface area contributed by atoms with Crippen LogP contribution in [0.3, 0.4) is 0 Å². The molecule has 0 spiro atoms. The Morgan fingerprint density at radius 2 is 1.85 bits per heavy atom. The minimum absolute atomic E-state index is 0.150. The number of amides is 1. The highest BCUT2D eigenvalue weighted by Gasteiger charge is 2.11. The Morgan fingerprint density at radius 3 is 2.44 bits per heavy atom. The fourth-order valence-corrected chi connectivity index (χ4v) is 3.28. The number of ether oxygens (including phenoxy) is 1. The lowest BCUT2D eigenvalue weighted by Gasteiger charge is -2.10. The summed E-state index contributed by atoms with van der Waals surface area (Å²) in [6, 6.07) is 12.3. The molecular formula is C19H23ClN2O4S. The number of benzene rings is 2. The van der Waals surface area contributed by atoms with Gasteiger partial charge in [0.1, 0.15) is 12.4 Å². The van der Waals surface area contributed by atoms with Gasteiger partial charge in [0.15, 0.2) is 0 Å². The van der Waals surface area contributed by atoms with Gasteiger partial charge in [-0.2, -0.15) is 0 Å². The summed E-state index contributed by atoms with van der Waals surface area (Å²) >= 11 is 6.02. The molecule has 2 aromatic carbocycles. The van der Waals surface area contributed by atoms with Crippen molar-refractivity contribution >= 4 is 33.2 Å². The zero-order chi connectivity index (χ0) is 19.9. The van der Waals surface area contributed by atoms with E-state index in [4.69, 9.17) is 16.3 Å². The first kappa shape index (κ1) is 21.1. The van der Waals surface area contributed by atoms with E-state index in [1.807, 2.05) is 24.3 Å². The van der Waals surface area contributed by atoms with Gasteiger partial charge in [-0.05, 0) is 42.3 Å². The van der Waals surface area contributed by atoms with Gasteiger partial charge in [0.05, 0.1) is 23.5 Å². The lowest BCUT2D eigenvalue weighted by Crippen LogP contribution is -2.28. The summed E-state index contributed by atoms with van der Waals surface area (Å²) in [5, 5.41) is 2.88. The average molecular weight is 411 g/mol. The van der Waals surface area contributed by atoms with Crippen molar-refractivity contribution in [3.05, 3.63) is 58.6 Å². The summed E-state index contributed by atoms with van der Waals surface area (Å²) < 4.78 is 30.4. The third-order valence-corrected chi connectivity index (χ3v) is 4.55. The van der Waals surface area contributed by atoms with E-state index in [1.54, 1.807) is 0 Å². The first-order valence-electron chi connectivity index (χ1n) is 8.56. The number of sulfonamides is 1. The maximum Gasteiger partial charge on any atom is 0.251 e. The zero-order valence-electron chi connectivity index (χ0n) is 15.3. The summed E-state index contributed by atoms with van der Waals surface area (Å²) in [4.78, 5) is 12.2. The highest BCUT2D eigenvalue weighted by molar-refractivity contribution is 7.92. The number of rotatable bonds is 9. The predicted molar refractivity (Wildman–Crippen MR) is 108 cm³/mol. The summed E-state index contributed by atoms with van der Waals surface area (Å²) in [6.45, 7) is 2.80. The Hall–Kier alpha value is -2.25. The summed E-state index contributed by atoms with van der Waals surface area (Å²) in [5.74, 6) is 0.438. The molecule has 0 aromatic heterocycles. The topological polar surface area (TPSA) is 84.5 Å². The predicted octanol–water partition coefficient (Wildman–Crippen LogP) is 3.47. The summed E-state index contributed by atoms with van der Waals surface area (Å²) in [5.41, 5.74) is 1.83. The average Bonchev–Trinajstić information content (AvgIpc) is 2.61. The fraction of sp³-hybridized carbons (Fsp3) is 0.316. The van der Waals surface area contributed by atoms with Crippen molar-refractivity contribution < 1.29 is 17.9 Å². The normalized spacial score (nSPS) is 11.1. The van der Waals surface area contributed by atoms with Crippen LogP contribution in [-0.2, 0) is 16.4 Å². The van der Waals surface area contributed by atoms with Crippen molar-refractivity contribution in [2.45, 2.75) is 19.8 Å². The lowest BCUT2D eigenvalue weighted by atomic mass is 10.1. The Kier molecular flexibility index (Phi) is 7.50. The number of nitrogens with one attached hydrogen (secondary N) is 2. The molecule has 2 aromatic rings. The number of carbonyl (C=O) groups excluding carboxylic acids is 1. The molecule has 1 amide bonds. The van der Waals surface area contributed by atoms with Crippen molar-refractivity contribution in [2.24, 2.45) is 0 Å². The molecule has 8 heteroatoms. The van der Waals surface area contributed by atoms with Gasteiger partial charge in [0.25, 0.3) is 5.91 Å². The van der Waals surface area contributed by atoms with Gasteiger partial charge in [0.2, 0.25) is 10.0 Å². The standard InChI is InChI=1S/C19H23ClN2O4S/c1-3-4-14-5-8-16(9-6-14)26-12-11-21-19(23)15-7-10-18(17(20)13-15)22-27(2,24)25/h5-10,13,22H,3-4,11-12H2,1-2H3,(H,21,23). The van der Waals surface area contributed by atoms with Crippen LogP contribution in [0.15, 0.2) is 42.5 Å². The molecule has 0 heterocycles. The molecule has 0 fully saturated rings. The number of carbonyl (C=O) groups is 1. The van der Waals surface area contributed by atoms with E-state index < -0.39 is 10.0 Å². The van der Waals surface area contributed by atoms with Crippen LogP contribution < -0.4 is 14.8 Å². The molecule has 2 N–H and O–H groups in total. The second-order valence-electron chi connectivity index (χ2n) is 6.07. The number of halogens is 1. The highest BCUT2D eigenvalue weighted by atomic mass is 35.5. The first-order valence-corrected chi connectivity index (χ1v) is 10.8. The molecule has 27 heavy (non-hydrogen) atoms. The minimum atomic E-state index is -3.43. The van der Waals surface area contributed by atoms with E-state index in [-0.39, 0.29) is 16.6 Å². The van der Waals surface area contributed by atoms with Crippen LogP contribution in [0, 0.1) is 0 Å². The molecule has 0 saturated heterocycles. The number of anilines is 1. The van der Waals surface area contributed by atoms with Crippen LogP contribution in [0.4, 0.5) is 5.69 Å². The van der Waals surface area contributed by atoms with E-state index in [0.717, 1.165) is 24.8 Å². The lowest BCUT2D eigenvalue weighted by molar-refractivity contribution is 0.0947. The van der Waals surface area contributed by atoms with Crippen LogP contribution in [-0.4, -0.2) is 33.7 Å². The van der Waals surface area contributed by atoms with Gasteiger partial charge < -0.3 is 10.1 Å². The summed E-state index contributed by atoms with van der Waals surface area (Å²) in [6.07, 6.45) is 3.17.